The second-order valence-electron chi connectivity index (χ2n) is 4.38. The molecule has 2 heterocycles. The summed E-state index contributed by atoms with van der Waals surface area (Å²) < 4.78 is 1.85. The van der Waals surface area contributed by atoms with Gasteiger partial charge in [0.15, 0.2) is 5.69 Å². The van der Waals surface area contributed by atoms with E-state index in [4.69, 9.17) is 5.11 Å². The number of nitrogens with zero attached hydrogens (tertiary/aromatic N) is 2. The number of aryl methyl sites for hydroxylation is 1. The summed E-state index contributed by atoms with van der Waals surface area (Å²) in [7, 11) is 1.88. The van der Waals surface area contributed by atoms with Crippen molar-refractivity contribution in [3.05, 3.63) is 29.6 Å². The SMILES string of the molecule is CCC(C)c1cc(C(=O)O)nc2c1ccn2C. The molecule has 4 heteroatoms. The fourth-order valence-corrected chi connectivity index (χ4v) is 1.99. The molecule has 90 valence electrons. The van der Waals surface area contributed by atoms with Crippen LogP contribution in [0.25, 0.3) is 11.0 Å². The first-order valence-corrected chi connectivity index (χ1v) is 5.73. The summed E-state index contributed by atoms with van der Waals surface area (Å²) in [5.41, 5.74) is 1.92. The van der Waals surface area contributed by atoms with Crippen molar-refractivity contribution in [2.24, 2.45) is 7.05 Å². The minimum absolute atomic E-state index is 0.120. The number of pyridine rings is 1. The van der Waals surface area contributed by atoms with Gasteiger partial charge in [-0.15, -0.1) is 0 Å². The highest BCUT2D eigenvalue weighted by Crippen LogP contribution is 2.27. The molecule has 0 amide bonds. The third kappa shape index (κ3) is 1.90. The summed E-state index contributed by atoms with van der Waals surface area (Å²) in [4.78, 5) is 15.2. The van der Waals surface area contributed by atoms with Crippen molar-refractivity contribution < 1.29 is 9.90 Å². The van der Waals surface area contributed by atoms with Gasteiger partial charge in [-0.3, -0.25) is 0 Å². The van der Waals surface area contributed by atoms with Gasteiger partial charge in [0.2, 0.25) is 0 Å². The quantitative estimate of drug-likeness (QED) is 0.885. The van der Waals surface area contributed by atoms with Gasteiger partial charge in [0.05, 0.1) is 0 Å². The van der Waals surface area contributed by atoms with Crippen LogP contribution in [0.3, 0.4) is 0 Å². The van der Waals surface area contributed by atoms with Crippen LogP contribution in [-0.2, 0) is 7.05 Å². The highest BCUT2D eigenvalue weighted by atomic mass is 16.4. The minimum atomic E-state index is -0.974. The summed E-state index contributed by atoms with van der Waals surface area (Å²) in [6, 6.07) is 3.69. The Labute approximate surface area is 99.9 Å². The van der Waals surface area contributed by atoms with Crippen LogP contribution in [0.1, 0.15) is 42.2 Å². The molecule has 2 aromatic rings. The van der Waals surface area contributed by atoms with Crippen molar-refractivity contribution in [1.82, 2.24) is 9.55 Å². The van der Waals surface area contributed by atoms with Gasteiger partial charge in [-0.25, -0.2) is 9.78 Å². The zero-order valence-electron chi connectivity index (χ0n) is 10.3. The molecule has 1 N–H and O–H groups in total. The molecule has 1 atom stereocenters. The van der Waals surface area contributed by atoms with Crippen molar-refractivity contribution in [3.63, 3.8) is 0 Å². The maximum absolute atomic E-state index is 11.1. The number of hydrogen-bond acceptors (Lipinski definition) is 2. The molecule has 0 aromatic carbocycles. The molecule has 0 saturated heterocycles. The van der Waals surface area contributed by atoms with Crippen LogP contribution in [0.2, 0.25) is 0 Å². The number of fused-ring (bicyclic) bond motifs is 1. The number of carbonyl (C=O) groups is 1. The van der Waals surface area contributed by atoms with Crippen LogP contribution in [0.15, 0.2) is 18.3 Å². The summed E-state index contributed by atoms with van der Waals surface area (Å²) in [5, 5.41) is 10.1. The van der Waals surface area contributed by atoms with Crippen LogP contribution in [0, 0.1) is 0 Å². The maximum Gasteiger partial charge on any atom is 0.354 e. The first-order chi connectivity index (χ1) is 8.04. The van der Waals surface area contributed by atoms with E-state index in [0.29, 0.717) is 5.92 Å². The number of hydrogen-bond donors (Lipinski definition) is 1. The Bertz CT molecular complexity index is 572. The molecule has 17 heavy (non-hydrogen) atoms. The Morgan fingerprint density at radius 3 is 2.88 bits per heavy atom. The Balaban J connectivity index is 2.75. The Morgan fingerprint density at radius 1 is 1.59 bits per heavy atom. The monoisotopic (exact) mass is 232 g/mol. The molecule has 0 radical (unpaired) electrons. The predicted octanol–water partition coefficient (Wildman–Crippen LogP) is 2.79. The highest BCUT2D eigenvalue weighted by molar-refractivity contribution is 5.91. The normalized spacial score (nSPS) is 12.9. The Kier molecular flexibility index (Phi) is 2.88. The molecule has 0 aliphatic heterocycles. The molecular formula is C13H16N2O2. The van der Waals surface area contributed by atoms with Crippen molar-refractivity contribution in [2.75, 3.05) is 0 Å². The standard InChI is InChI=1S/C13H16N2O2/c1-4-8(2)10-7-11(13(16)17)14-12-9(10)5-6-15(12)3/h5-8H,4H2,1-3H3,(H,16,17). The van der Waals surface area contributed by atoms with E-state index in [2.05, 4.69) is 18.8 Å². The van der Waals surface area contributed by atoms with Crippen LogP contribution in [-0.4, -0.2) is 20.6 Å². The molecule has 0 aliphatic carbocycles. The number of carboxylic acids is 1. The van der Waals surface area contributed by atoms with E-state index >= 15 is 0 Å². The molecule has 0 fully saturated rings. The average molecular weight is 232 g/mol. The third-order valence-corrected chi connectivity index (χ3v) is 3.23. The van der Waals surface area contributed by atoms with E-state index < -0.39 is 5.97 Å². The molecule has 2 aromatic heterocycles. The summed E-state index contributed by atoms with van der Waals surface area (Å²) in [5.74, 6) is -0.640. The molecule has 4 nitrogen and oxygen atoms in total. The first kappa shape index (κ1) is 11.6. The molecule has 0 saturated carbocycles. The molecule has 0 spiro atoms. The van der Waals surface area contributed by atoms with Gasteiger partial charge >= 0.3 is 5.97 Å². The largest absolute Gasteiger partial charge is 0.477 e. The van der Waals surface area contributed by atoms with Gasteiger partial charge in [0, 0.05) is 18.6 Å². The first-order valence-electron chi connectivity index (χ1n) is 5.73. The predicted molar refractivity (Wildman–Crippen MR) is 66.4 cm³/mol. The van der Waals surface area contributed by atoms with E-state index in [9.17, 15) is 4.79 Å². The number of aromatic nitrogens is 2. The smallest absolute Gasteiger partial charge is 0.354 e. The average Bonchev–Trinajstić information content (AvgIpc) is 2.69. The summed E-state index contributed by atoms with van der Waals surface area (Å²) in [6.07, 6.45) is 2.89. The zero-order chi connectivity index (χ0) is 12.6. The topological polar surface area (TPSA) is 55.1 Å². The fraction of sp³-hybridized carbons (Fsp3) is 0.385. The summed E-state index contributed by atoms with van der Waals surface area (Å²) >= 11 is 0. The Hall–Kier alpha value is -1.84. The van der Waals surface area contributed by atoms with E-state index in [1.807, 2.05) is 23.9 Å². The van der Waals surface area contributed by atoms with Crippen molar-refractivity contribution in [3.8, 4) is 0 Å². The van der Waals surface area contributed by atoms with Crippen LogP contribution in [0.5, 0.6) is 0 Å². The third-order valence-electron chi connectivity index (χ3n) is 3.23. The fourth-order valence-electron chi connectivity index (χ4n) is 1.99. The van der Waals surface area contributed by atoms with Gasteiger partial charge in [-0.2, -0.15) is 0 Å². The van der Waals surface area contributed by atoms with Crippen molar-refractivity contribution >= 4 is 17.0 Å². The summed E-state index contributed by atoms with van der Waals surface area (Å²) in [6.45, 7) is 4.20. The van der Waals surface area contributed by atoms with Crippen molar-refractivity contribution in [1.29, 1.82) is 0 Å². The molecular weight excluding hydrogens is 216 g/mol. The van der Waals surface area contributed by atoms with E-state index in [1.54, 1.807) is 6.07 Å². The van der Waals surface area contributed by atoms with Crippen LogP contribution in [0.4, 0.5) is 0 Å². The molecule has 0 bridgehead atoms. The lowest BCUT2D eigenvalue weighted by molar-refractivity contribution is 0.0690. The number of carboxylic acid groups (broad SMARTS) is 1. The van der Waals surface area contributed by atoms with E-state index in [0.717, 1.165) is 23.0 Å². The molecule has 0 aliphatic rings. The lowest BCUT2D eigenvalue weighted by Gasteiger charge is -2.11. The lowest BCUT2D eigenvalue weighted by Crippen LogP contribution is -2.05. The van der Waals surface area contributed by atoms with E-state index in [-0.39, 0.29) is 5.69 Å². The second-order valence-corrected chi connectivity index (χ2v) is 4.38. The van der Waals surface area contributed by atoms with Gasteiger partial charge in [-0.1, -0.05) is 13.8 Å². The van der Waals surface area contributed by atoms with E-state index in [1.165, 1.54) is 0 Å². The highest BCUT2D eigenvalue weighted by Gasteiger charge is 2.15. The number of aromatic carboxylic acids is 1. The Morgan fingerprint density at radius 2 is 2.29 bits per heavy atom. The van der Waals surface area contributed by atoms with Gasteiger partial charge in [-0.05, 0) is 30.0 Å². The maximum atomic E-state index is 11.1. The van der Waals surface area contributed by atoms with Crippen LogP contribution >= 0.6 is 0 Å². The second kappa shape index (κ2) is 4.20. The van der Waals surface area contributed by atoms with Gasteiger partial charge < -0.3 is 9.67 Å². The van der Waals surface area contributed by atoms with Gasteiger partial charge in [0.25, 0.3) is 0 Å². The van der Waals surface area contributed by atoms with Crippen LogP contribution < -0.4 is 0 Å². The van der Waals surface area contributed by atoms with Gasteiger partial charge in [0.1, 0.15) is 5.65 Å². The molecule has 2 rings (SSSR count). The number of rotatable bonds is 3. The lowest BCUT2D eigenvalue weighted by atomic mass is 9.96. The van der Waals surface area contributed by atoms with Crippen molar-refractivity contribution in [2.45, 2.75) is 26.2 Å². The molecule has 1 unspecified atom stereocenters. The zero-order valence-corrected chi connectivity index (χ0v) is 10.3. The minimum Gasteiger partial charge on any atom is -0.477 e.